The van der Waals surface area contributed by atoms with Gasteiger partial charge in [0.2, 0.25) is 0 Å². The Bertz CT molecular complexity index is 350. The van der Waals surface area contributed by atoms with Crippen LogP contribution in [0.2, 0.25) is 0 Å². The molecule has 1 aromatic rings. The van der Waals surface area contributed by atoms with Crippen LogP contribution in [0.3, 0.4) is 0 Å². The van der Waals surface area contributed by atoms with E-state index < -0.39 is 0 Å². The second-order valence-electron chi connectivity index (χ2n) is 3.29. The highest BCUT2D eigenvalue weighted by atomic mass is 32.1. The molecule has 2 nitrogen and oxygen atoms in total. The van der Waals surface area contributed by atoms with Crippen molar-refractivity contribution in [3.05, 3.63) is 22.4 Å². The van der Waals surface area contributed by atoms with Gasteiger partial charge < -0.3 is 0 Å². The van der Waals surface area contributed by atoms with E-state index >= 15 is 0 Å². The summed E-state index contributed by atoms with van der Waals surface area (Å²) in [5.74, 6) is 0.177. The minimum atomic E-state index is -0.387. The number of aliphatic imine (C=N–C) groups is 1. The van der Waals surface area contributed by atoms with Gasteiger partial charge in [-0.15, -0.1) is 0 Å². The number of thiocarbonyl (C=S) groups is 1. The summed E-state index contributed by atoms with van der Waals surface area (Å²) in [5.41, 5.74) is 0.711. The molecule has 0 saturated heterocycles. The number of hydrogen-bond donors (Lipinski definition) is 0. The van der Waals surface area contributed by atoms with Crippen LogP contribution < -0.4 is 0 Å². The third kappa shape index (κ3) is 2.58. The molecule has 0 aliphatic heterocycles. The fraction of sp³-hybridized carbons (Fsp3) is 0.400. The highest BCUT2D eigenvalue weighted by Gasteiger charge is 2.22. The van der Waals surface area contributed by atoms with E-state index in [1.807, 2.05) is 24.6 Å². The molecule has 0 fully saturated rings. The van der Waals surface area contributed by atoms with Gasteiger partial charge in [-0.2, -0.15) is 11.3 Å². The van der Waals surface area contributed by atoms with Crippen molar-refractivity contribution in [1.29, 1.82) is 0 Å². The van der Waals surface area contributed by atoms with E-state index in [-0.39, 0.29) is 17.7 Å². The van der Waals surface area contributed by atoms with Crippen LogP contribution in [0.1, 0.15) is 24.2 Å². The lowest BCUT2D eigenvalue weighted by Crippen LogP contribution is -2.24. The normalized spacial score (nSPS) is 12.2. The molecule has 0 aliphatic rings. The molecule has 1 rings (SSSR count). The fourth-order valence-electron chi connectivity index (χ4n) is 1.14. The monoisotopic (exact) mass is 225 g/mol. The van der Waals surface area contributed by atoms with Crippen molar-refractivity contribution in [2.24, 2.45) is 10.9 Å². The standard InChI is InChI=1S/C10H11NOS2/c1-7(2)9(11-6-13)10(12)8-3-4-14-5-8/h3-5,7,9H,1-2H3. The second-order valence-corrected chi connectivity index (χ2v) is 4.25. The van der Waals surface area contributed by atoms with Crippen molar-refractivity contribution in [3.63, 3.8) is 0 Å². The number of ketones is 1. The van der Waals surface area contributed by atoms with Crippen LogP contribution in [-0.2, 0) is 0 Å². The first-order chi connectivity index (χ1) is 6.66. The maximum absolute atomic E-state index is 11.9. The largest absolute Gasteiger partial charge is 0.292 e. The van der Waals surface area contributed by atoms with Gasteiger partial charge in [0.25, 0.3) is 0 Å². The van der Waals surface area contributed by atoms with Gasteiger partial charge >= 0.3 is 0 Å². The Morgan fingerprint density at radius 3 is 2.79 bits per heavy atom. The van der Waals surface area contributed by atoms with E-state index in [4.69, 9.17) is 0 Å². The Hall–Kier alpha value is -0.830. The molecule has 0 aromatic carbocycles. The van der Waals surface area contributed by atoms with Crippen molar-refractivity contribution >= 4 is 34.5 Å². The summed E-state index contributed by atoms with van der Waals surface area (Å²) in [7, 11) is 0. The average molecular weight is 225 g/mol. The second kappa shape index (κ2) is 5.15. The number of rotatable bonds is 4. The van der Waals surface area contributed by atoms with Gasteiger partial charge in [0.05, 0.1) is 5.16 Å². The Kier molecular flexibility index (Phi) is 4.14. The predicted octanol–water partition coefficient (Wildman–Crippen LogP) is 3.06. The zero-order valence-corrected chi connectivity index (χ0v) is 9.69. The molecular weight excluding hydrogens is 214 g/mol. The van der Waals surface area contributed by atoms with Gasteiger partial charge in [-0.05, 0) is 29.6 Å². The van der Waals surface area contributed by atoms with Gasteiger partial charge in [0, 0.05) is 10.9 Å². The predicted molar refractivity (Wildman–Crippen MR) is 62.3 cm³/mol. The number of thiophene rings is 1. The topological polar surface area (TPSA) is 29.4 Å². The van der Waals surface area contributed by atoms with Crippen molar-refractivity contribution in [2.75, 3.05) is 0 Å². The van der Waals surface area contributed by atoms with Crippen molar-refractivity contribution in [3.8, 4) is 0 Å². The minimum Gasteiger partial charge on any atom is -0.292 e. The first-order valence-corrected chi connectivity index (χ1v) is 5.65. The summed E-state index contributed by atoms with van der Waals surface area (Å²) in [6, 6.07) is 1.42. The molecule has 1 heterocycles. The number of nitrogens with zero attached hydrogens (tertiary/aromatic N) is 1. The van der Waals surface area contributed by atoms with Crippen molar-refractivity contribution < 1.29 is 4.79 Å². The van der Waals surface area contributed by atoms with Gasteiger partial charge in [-0.3, -0.25) is 4.79 Å². The summed E-state index contributed by atoms with van der Waals surface area (Å²) in [6.07, 6.45) is 0. The Morgan fingerprint density at radius 1 is 1.64 bits per heavy atom. The average Bonchev–Trinajstić information content (AvgIpc) is 2.65. The molecule has 14 heavy (non-hydrogen) atoms. The molecule has 0 radical (unpaired) electrons. The molecule has 0 bridgehead atoms. The van der Waals surface area contributed by atoms with Crippen molar-refractivity contribution in [2.45, 2.75) is 19.9 Å². The van der Waals surface area contributed by atoms with E-state index in [2.05, 4.69) is 22.4 Å². The third-order valence-corrected chi connectivity index (χ3v) is 2.69. The first kappa shape index (κ1) is 11.2. The maximum Gasteiger partial charge on any atom is 0.189 e. The summed E-state index contributed by atoms with van der Waals surface area (Å²) >= 11 is 6.04. The van der Waals surface area contributed by atoms with Crippen LogP contribution in [0.5, 0.6) is 0 Å². The van der Waals surface area contributed by atoms with Crippen LogP contribution in [0.15, 0.2) is 21.8 Å². The number of carbonyl (C=O) groups is 1. The lowest BCUT2D eigenvalue weighted by Gasteiger charge is -2.12. The highest BCUT2D eigenvalue weighted by Crippen LogP contribution is 2.15. The van der Waals surface area contributed by atoms with Crippen LogP contribution in [-0.4, -0.2) is 17.0 Å². The summed E-state index contributed by atoms with van der Waals surface area (Å²) < 4.78 is 0. The number of isothiocyanates is 1. The highest BCUT2D eigenvalue weighted by molar-refractivity contribution is 7.78. The quantitative estimate of drug-likeness (QED) is 0.448. The molecular formula is C10H11NOS2. The zero-order valence-electron chi connectivity index (χ0n) is 8.06. The fourth-order valence-corrected chi connectivity index (χ4v) is 1.90. The van der Waals surface area contributed by atoms with Crippen LogP contribution in [0.25, 0.3) is 0 Å². The van der Waals surface area contributed by atoms with Gasteiger partial charge in [0.1, 0.15) is 6.04 Å². The lowest BCUT2D eigenvalue weighted by atomic mass is 9.97. The van der Waals surface area contributed by atoms with Gasteiger partial charge in [-0.25, -0.2) is 4.99 Å². The smallest absolute Gasteiger partial charge is 0.189 e. The molecule has 0 spiro atoms. The first-order valence-electron chi connectivity index (χ1n) is 4.30. The van der Waals surface area contributed by atoms with Gasteiger partial charge in [0.15, 0.2) is 5.78 Å². The lowest BCUT2D eigenvalue weighted by molar-refractivity contribution is 0.0943. The summed E-state index contributed by atoms with van der Waals surface area (Å²) in [5, 5.41) is 5.99. The Balaban J connectivity index is 2.90. The van der Waals surface area contributed by atoms with E-state index in [9.17, 15) is 4.79 Å². The van der Waals surface area contributed by atoms with Crippen molar-refractivity contribution in [1.82, 2.24) is 0 Å². The molecule has 1 aromatic heterocycles. The number of Topliss-reactive ketones (excluding diaryl/α,β-unsaturated/α-hetero) is 1. The van der Waals surface area contributed by atoms with E-state index in [0.29, 0.717) is 5.56 Å². The summed E-state index contributed by atoms with van der Waals surface area (Å²) in [4.78, 5) is 15.8. The number of carbonyl (C=O) groups excluding carboxylic acids is 1. The molecule has 0 aliphatic carbocycles. The van der Waals surface area contributed by atoms with Crippen LogP contribution in [0, 0.1) is 5.92 Å². The SMILES string of the molecule is CC(C)C(N=C=S)C(=O)c1ccsc1. The molecule has 0 saturated carbocycles. The van der Waals surface area contributed by atoms with E-state index in [1.54, 1.807) is 6.07 Å². The Labute approximate surface area is 92.7 Å². The minimum absolute atomic E-state index is 0.0265. The summed E-state index contributed by atoms with van der Waals surface area (Å²) in [6.45, 7) is 3.90. The molecule has 4 heteroatoms. The molecule has 0 N–H and O–H groups in total. The molecule has 0 amide bonds. The molecule has 74 valence electrons. The van der Waals surface area contributed by atoms with Gasteiger partial charge in [-0.1, -0.05) is 13.8 Å². The van der Waals surface area contributed by atoms with E-state index in [1.165, 1.54) is 11.3 Å². The maximum atomic E-state index is 11.9. The zero-order chi connectivity index (χ0) is 10.6. The number of hydrogen-bond acceptors (Lipinski definition) is 4. The van der Waals surface area contributed by atoms with Crippen LogP contribution >= 0.6 is 23.6 Å². The third-order valence-electron chi connectivity index (χ3n) is 1.90. The van der Waals surface area contributed by atoms with Crippen LogP contribution in [0.4, 0.5) is 0 Å². The molecule has 1 unspecified atom stereocenters. The molecule has 1 atom stereocenters. The Morgan fingerprint density at radius 2 is 2.36 bits per heavy atom. The van der Waals surface area contributed by atoms with E-state index in [0.717, 1.165) is 0 Å².